The molecule has 5 heteroatoms. The van der Waals surface area contributed by atoms with Gasteiger partial charge in [0.2, 0.25) is 0 Å². The lowest BCUT2D eigenvalue weighted by Gasteiger charge is -2.14. The summed E-state index contributed by atoms with van der Waals surface area (Å²) in [5, 5.41) is 18.8. The fourth-order valence-corrected chi connectivity index (χ4v) is 1.98. The molecule has 0 spiro atoms. The summed E-state index contributed by atoms with van der Waals surface area (Å²) in [4.78, 5) is 22.2. The lowest BCUT2D eigenvalue weighted by Crippen LogP contribution is -2.21. The van der Waals surface area contributed by atoms with Crippen molar-refractivity contribution in [1.29, 1.82) is 0 Å². The molecular weight excluding hydrogens is 224 g/mol. The SMILES string of the molecule is COc1cc(C=O)c(C2(C(=O)O)CC2)cc1O. The van der Waals surface area contributed by atoms with Crippen LogP contribution in [0.4, 0.5) is 0 Å². The standard InChI is InChI=1S/C12H12O5/c1-17-10-4-7(6-13)8(5-9(10)14)12(2-3-12)11(15)16/h4-6,14H,2-3H2,1H3,(H,15,16). The minimum absolute atomic E-state index is 0.152. The molecule has 5 nitrogen and oxygen atoms in total. The van der Waals surface area contributed by atoms with E-state index in [-0.39, 0.29) is 17.1 Å². The van der Waals surface area contributed by atoms with Crippen molar-refractivity contribution in [3.05, 3.63) is 23.3 Å². The monoisotopic (exact) mass is 236 g/mol. The van der Waals surface area contributed by atoms with Crippen molar-refractivity contribution in [2.75, 3.05) is 7.11 Å². The summed E-state index contributed by atoms with van der Waals surface area (Å²) in [6.45, 7) is 0. The van der Waals surface area contributed by atoms with Crippen LogP contribution in [0.5, 0.6) is 11.5 Å². The van der Waals surface area contributed by atoms with Crippen LogP contribution >= 0.6 is 0 Å². The Labute approximate surface area is 97.6 Å². The maximum absolute atomic E-state index is 11.2. The first-order valence-corrected chi connectivity index (χ1v) is 5.15. The number of carbonyl (C=O) groups excluding carboxylic acids is 1. The molecule has 0 saturated heterocycles. The molecule has 1 aromatic rings. The molecule has 0 unspecified atom stereocenters. The quantitative estimate of drug-likeness (QED) is 0.770. The molecule has 0 heterocycles. The molecule has 1 fully saturated rings. The summed E-state index contributed by atoms with van der Waals surface area (Å²) in [5.74, 6) is -0.956. The maximum atomic E-state index is 11.2. The number of aldehydes is 1. The van der Waals surface area contributed by atoms with E-state index in [9.17, 15) is 14.7 Å². The number of methoxy groups -OCH3 is 1. The van der Waals surface area contributed by atoms with E-state index < -0.39 is 11.4 Å². The first-order valence-electron chi connectivity index (χ1n) is 5.15. The van der Waals surface area contributed by atoms with E-state index in [1.54, 1.807) is 0 Å². The van der Waals surface area contributed by atoms with E-state index in [1.807, 2.05) is 0 Å². The summed E-state index contributed by atoms with van der Waals surface area (Å²) in [7, 11) is 1.37. The van der Waals surface area contributed by atoms with Gasteiger partial charge in [0.25, 0.3) is 0 Å². The zero-order chi connectivity index (χ0) is 12.6. The van der Waals surface area contributed by atoms with Crippen LogP contribution in [0.25, 0.3) is 0 Å². The van der Waals surface area contributed by atoms with Crippen LogP contribution < -0.4 is 4.74 Å². The van der Waals surface area contributed by atoms with Crippen LogP contribution in [-0.4, -0.2) is 29.6 Å². The van der Waals surface area contributed by atoms with Gasteiger partial charge in [-0.2, -0.15) is 0 Å². The van der Waals surface area contributed by atoms with E-state index in [0.29, 0.717) is 24.7 Å². The fourth-order valence-electron chi connectivity index (χ4n) is 1.98. The number of rotatable bonds is 4. The van der Waals surface area contributed by atoms with Crippen LogP contribution in [0.3, 0.4) is 0 Å². The molecular formula is C12H12O5. The number of ether oxygens (including phenoxy) is 1. The topological polar surface area (TPSA) is 83.8 Å². The zero-order valence-electron chi connectivity index (χ0n) is 9.27. The lowest BCUT2D eigenvalue weighted by atomic mass is 9.91. The molecule has 0 bridgehead atoms. The predicted octanol–water partition coefficient (Wildman–Crippen LogP) is 1.33. The van der Waals surface area contributed by atoms with Gasteiger partial charge in [-0.25, -0.2) is 0 Å². The van der Waals surface area contributed by atoms with E-state index >= 15 is 0 Å². The molecule has 0 radical (unpaired) electrons. The van der Waals surface area contributed by atoms with Crippen molar-refractivity contribution in [3.8, 4) is 11.5 Å². The summed E-state index contributed by atoms with van der Waals surface area (Å²) < 4.78 is 4.88. The molecule has 0 amide bonds. The minimum atomic E-state index is -1.01. The number of hydrogen-bond acceptors (Lipinski definition) is 4. The highest BCUT2D eigenvalue weighted by Gasteiger charge is 2.53. The van der Waals surface area contributed by atoms with Gasteiger partial charge in [0.05, 0.1) is 12.5 Å². The molecule has 2 N–H and O–H groups in total. The van der Waals surface area contributed by atoms with Crippen LogP contribution in [0.2, 0.25) is 0 Å². The predicted molar refractivity (Wildman–Crippen MR) is 58.6 cm³/mol. The summed E-state index contributed by atoms with van der Waals surface area (Å²) in [6.07, 6.45) is 1.55. The van der Waals surface area contributed by atoms with Crippen LogP contribution in [0.15, 0.2) is 12.1 Å². The second-order valence-corrected chi connectivity index (χ2v) is 4.12. The smallest absolute Gasteiger partial charge is 0.314 e. The Kier molecular flexibility index (Phi) is 2.53. The number of hydrogen-bond donors (Lipinski definition) is 2. The van der Waals surface area contributed by atoms with Crippen LogP contribution in [0.1, 0.15) is 28.8 Å². The number of carbonyl (C=O) groups is 2. The van der Waals surface area contributed by atoms with Gasteiger partial charge in [0.15, 0.2) is 17.8 Å². The molecule has 0 aliphatic heterocycles. The maximum Gasteiger partial charge on any atom is 0.314 e. The van der Waals surface area contributed by atoms with E-state index in [0.717, 1.165) is 0 Å². The molecule has 1 aliphatic carbocycles. The van der Waals surface area contributed by atoms with Gasteiger partial charge < -0.3 is 14.9 Å². The highest BCUT2D eigenvalue weighted by Crippen LogP contribution is 2.51. The van der Waals surface area contributed by atoms with Crippen molar-refractivity contribution in [2.45, 2.75) is 18.3 Å². The van der Waals surface area contributed by atoms with Crippen molar-refractivity contribution in [2.24, 2.45) is 0 Å². The lowest BCUT2D eigenvalue weighted by molar-refractivity contribution is -0.140. The van der Waals surface area contributed by atoms with Crippen molar-refractivity contribution >= 4 is 12.3 Å². The number of aliphatic carboxylic acids is 1. The summed E-state index contributed by atoms with van der Waals surface area (Å²) in [6, 6.07) is 2.67. The Morgan fingerprint density at radius 1 is 1.47 bits per heavy atom. The van der Waals surface area contributed by atoms with Crippen molar-refractivity contribution < 1.29 is 24.5 Å². The number of phenols is 1. The second kappa shape index (κ2) is 3.76. The molecule has 1 aliphatic rings. The van der Waals surface area contributed by atoms with Gasteiger partial charge in [0, 0.05) is 5.56 Å². The minimum Gasteiger partial charge on any atom is -0.504 e. The summed E-state index contributed by atoms with van der Waals surface area (Å²) >= 11 is 0. The highest BCUT2D eigenvalue weighted by atomic mass is 16.5. The molecule has 90 valence electrons. The molecule has 17 heavy (non-hydrogen) atoms. The van der Waals surface area contributed by atoms with E-state index in [1.165, 1.54) is 19.2 Å². The highest BCUT2D eigenvalue weighted by molar-refractivity contribution is 5.90. The first-order chi connectivity index (χ1) is 8.05. The van der Waals surface area contributed by atoms with Crippen molar-refractivity contribution in [3.63, 3.8) is 0 Å². The van der Waals surface area contributed by atoms with E-state index in [4.69, 9.17) is 9.84 Å². The number of carboxylic acid groups (broad SMARTS) is 1. The fraction of sp³-hybridized carbons (Fsp3) is 0.333. The van der Waals surface area contributed by atoms with Crippen LogP contribution in [-0.2, 0) is 10.2 Å². The number of phenolic OH excluding ortho intramolecular Hbond substituents is 1. The normalized spacial score (nSPS) is 16.3. The molecule has 1 saturated carbocycles. The number of aromatic hydroxyl groups is 1. The Bertz CT molecular complexity index is 488. The van der Waals surface area contributed by atoms with Gasteiger partial charge >= 0.3 is 5.97 Å². The molecule has 1 aromatic carbocycles. The van der Waals surface area contributed by atoms with Gasteiger partial charge in [-0.1, -0.05) is 0 Å². The average Bonchev–Trinajstić information content (AvgIpc) is 3.09. The van der Waals surface area contributed by atoms with Gasteiger partial charge in [-0.3, -0.25) is 9.59 Å². The van der Waals surface area contributed by atoms with E-state index in [2.05, 4.69) is 0 Å². The van der Waals surface area contributed by atoms with Gasteiger partial charge in [-0.15, -0.1) is 0 Å². The Morgan fingerprint density at radius 2 is 2.12 bits per heavy atom. The largest absolute Gasteiger partial charge is 0.504 e. The third kappa shape index (κ3) is 1.63. The van der Waals surface area contributed by atoms with Gasteiger partial charge in [0.1, 0.15) is 0 Å². The van der Waals surface area contributed by atoms with Crippen molar-refractivity contribution in [1.82, 2.24) is 0 Å². The Balaban J connectivity index is 2.58. The Hall–Kier alpha value is -2.04. The summed E-state index contributed by atoms with van der Waals surface area (Å²) in [5.41, 5.74) is -0.405. The molecule has 2 rings (SSSR count). The second-order valence-electron chi connectivity index (χ2n) is 4.12. The first kappa shape index (κ1) is 11.4. The average molecular weight is 236 g/mol. The third-order valence-corrected chi connectivity index (χ3v) is 3.15. The number of carboxylic acids is 1. The van der Waals surface area contributed by atoms with Crippen LogP contribution in [0, 0.1) is 0 Å². The number of benzene rings is 1. The van der Waals surface area contributed by atoms with Gasteiger partial charge in [-0.05, 0) is 30.5 Å². The zero-order valence-corrected chi connectivity index (χ0v) is 9.27. The molecule has 0 atom stereocenters. The molecule has 0 aromatic heterocycles. The third-order valence-electron chi connectivity index (χ3n) is 3.15. The Morgan fingerprint density at radius 3 is 2.53 bits per heavy atom.